The molecule has 0 amide bonds. The molecule has 0 radical (unpaired) electrons. The number of benzene rings is 2. The summed E-state index contributed by atoms with van der Waals surface area (Å²) in [6.07, 6.45) is 1.35. The Hall–Kier alpha value is -2.63. The molecule has 1 fully saturated rings. The molecule has 6 heteroatoms. The molecule has 1 aliphatic rings. The van der Waals surface area contributed by atoms with E-state index in [4.69, 9.17) is 25.5 Å². The van der Waals surface area contributed by atoms with Crippen LogP contribution in [0.3, 0.4) is 0 Å². The predicted molar refractivity (Wildman–Crippen MR) is 116 cm³/mol. The summed E-state index contributed by atoms with van der Waals surface area (Å²) in [4.78, 5) is 24.7. The summed E-state index contributed by atoms with van der Waals surface area (Å²) in [7, 11) is 0. The average molecular weight is 427 g/mol. The van der Waals surface area contributed by atoms with Gasteiger partial charge in [0, 0.05) is 30.0 Å². The zero-order valence-electron chi connectivity index (χ0n) is 16.9. The van der Waals surface area contributed by atoms with Crippen molar-refractivity contribution in [2.75, 3.05) is 13.2 Å². The van der Waals surface area contributed by atoms with Crippen molar-refractivity contribution >= 4 is 28.4 Å². The van der Waals surface area contributed by atoms with Gasteiger partial charge in [-0.15, -0.1) is 0 Å². The smallest absolute Gasteiger partial charge is 0.336 e. The Morgan fingerprint density at radius 2 is 1.97 bits per heavy atom. The molecule has 2 heterocycles. The second-order valence-corrected chi connectivity index (χ2v) is 8.58. The second kappa shape index (κ2) is 8.25. The first-order valence-corrected chi connectivity index (χ1v) is 10.3. The second-order valence-electron chi connectivity index (χ2n) is 8.18. The minimum atomic E-state index is -0.463. The summed E-state index contributed by atoms with van der Waals surface area (Å²) in [6, 6.07) is 14.3. The summed E-state index contributed by atoms with van der Waals surface area (Å²) in [5, 5.41) is 1.06. The highest BCUT2D eigenvalue weighted by Gasteiger charge is 2.33. The van der Waals surface area contributed by atoms with E-state index >= 15 is 0 Å². The lowest BCUT2D eigenvalue weighted by atomic mass is 9.86. The van der Waals surface area contributed by atoms with Crippen LogP contribution in [0.15, 0.2) is 57.7 Å². The molecular weight excluding hydrogens is 404 g/mol. The first-order chi connectivity index (χ1) is 14.3. The van der Waals surface area contributed by atoms with Crippen LogP contribution in [0.5, 0.6) is 5.75 Å². The number of hydrogen-bond acceptors (Lipinski definition) is 5. The Morgan fingerprint density at radius 3 is 2.70 bits per heavy atom. The maximum Gasteiger partial charge on any atom is 0.336 e. The van der Waals surface area contributed by atoms with Gasteiger partial charge in [0.05, 0.1) is 10.6 Å². The van der Waals surface area contributed by atoms with Gasteiger partial charge < -0.3 is 13.9 Å². The van der Waals surface area contributed by atoms with E-state index in [0.717, 1.165) is 11.1 Å². The number of rotatable bonds is 5. The molecule has 5 nitrogen and oxygen atoms in total. The molecule has 1 aromatic heterocycles. The van der Waals surface area contributed by atoms with Crippen LogP contribution >= 0.6 is 11.6 Å². The maximum absolute atomic E-state index is 12.6. The maximum atomic E-state index is 12.6. The van der Waals surface area contributed by atoms with E-state index in [1.54, 1.807) is 12.1 Å². The van der Waals surface area contributed by atoms with E-state index in [0.29, 0.717) is 41.2 Å². The molecule has 4 rings (SSSR count). The fourth-order valence-electron chi connectivity index (χ4n) is 3.90. The van der Waals surface area contributed by atoms with Gasteiger partial charge in [0.1, 0.15) is 17.9 Å². The molecule has 2 aromatic carbocycles. The Morgan fingerprint density at radius 1 is 1.20 bits per heavy atom. The monoisotopic (exact) mass is 426 g/mol. The van der Waals surface area contributed by atoms with Crippen LogP contribution in [-0.4, -0.2) is 24.6 Å². The van der Waals surface area contributed by atoms with Gasteiger partial charge in [-0.2, -0.15) is 0 Å². The topological polar surface area (TPSA) is 65.7 Å². The van der Waals surface area contributed by atoms with Crippen molar-refractivity contribution in [3.63, 3.8) is 0 Å². The lowest BCUT2D eigenvalue weighted by molar-refractivity contribution is -0.135. The lowest BCUT2D eigenvalue weighted by Gasteiger charge is -2.34. The summed E-state index contributed by atoms with van der Waals surface area (Å²) < 4.78 is 16.8. The van der Waals surface area contributed by atoms with Crippen molar-refractivity contribution in [2.45, 2.75) is 32.3 Å². The molecule has 0 bridgehead atoms. The molecule has 1 atom stereocenters. The van der Waals surface area contributed by atoms with Gasteiger partial charge in [-0.05, 0) is 43.9 Å². The van der Waals surface area contributed by atoms with Crippen molar-refractivity contribution in [3.05, 3.63) is 64.0 Å². The fraction of sp³-hybridized carbons (Fsp3) is 0.333. The van der Waals surface area contributed by atoms with Gasteiger partial charge >= 0.3 is 5.63 Å². The molecule has 1 saturated heterocycles. The van der Waals surface area contributed by atoms with Gasteiger partial charge in [0.2, 0.25) is 0 Å². The molecule has 30 heavy (non-hydrogen) atoms. The van der Waals surface area contributed by atoms with Crippen LogP contribution in [0.1, 0.15) is 26.7 Å². The largest absolute Gasteiger partial charge is 0.484 e. The number of ketones is 1. The van der Waals surface area contributed by atoms with Gasteiger partial charge in [-0.25, -0.2) is 4.79 Å². The number of carbonyl (C=O) groups is 1. The fourth-order valence-corrected chi connectivity index (χ4v) is 4.12. The quantitative estimate of drug-likeness (QED) is 0.520. The summed E-state index contributed by atoms with van der Waals surface area (Å²) in [5.74, 6) is 0.231. The first-order valence-electron chi connectivity index (χ1n) is 9.95. The Labute approximate surface area is 179 Å². The predicted octanol–water partition coefficient (Wildman–Crippen LogP) is 5.27. The van der Waals surface area contributed by atoms with Crippen LogP contribution < -0.4 is 10.4 Å². The molecule has 0 spiro atoms. The van der Waals surface area contributed by atoms with Crippen LogP contribution in [-0.2, 0) is 9.53 Å². The molecule has 156 valence electrons. The third-order valence-corrected chi connectivity index (χ3v) is 5.70. The summed E-state index contributed by atoms with van der Waals surface area (Å²) in [5.41, 5.74) is 1.21. The standard InChI is InChI=1S/C24H23ClO5/c1-24(2)13-16(8-9-29-24)20(26)14-28-22-12-21-18(10-19(22)25)17(11-23(27)30-21)15-6-4-3-5-7-15/h3-7,10-12,16H,8-9,13-14H2,1-2H3/t16-/m1/s1. The third kappa shape index (κ3) is 4.42. The molecule has 0 unspecified atom stereocenters. The molecule has 1 aliphatic heterocycles. The van der Waals surface area contributed by atoms with Crippen molar-refractivity contribution in [2.24, 2.45) is 5.92 Å². The number of Topliss-reactive ketones (excluding diaryl/α,β-unsaturated/α-hetero) is 1. The Balaban J connectivity index is 1.59. The Kier molecular flexibility index (Phi) is 5.67. The van der Waals surface area contributed by atoms with Crippen LogP contribution in [0.25, 0.3) is 22.1 Å². The zero-order valence-corrected chi connectivity index (χ0v) is 17.7. The van der Waals surface area contributed by atoms with Crippen molar-refractivity contribution in [1.29, 1.82) is 0 Å². The average Bonchev–Trinajstić information content (AvgIpc) is 2.71. The van der Waals surface area contributed by atoms with E-state index in [1.165, 1.54) is 6.07 Å². The lowest BCUT2D eigenvalue weighted by Crippen LogP contribution is -2.38. The Bertz CT molecular complexity index is 1130. The van der Waals surface area contributed by atoms with Crippen molar-refractivity contribution < 1.29 is 18.7 Å². The van der Waals surface area contributed by atoms with E-state index in [9.17, 15) is 9.59 Å². The third-order valence-electron chi connectivity index (χ3n) is 5.40. The van der Waals surface area contributed by atoms with Gasteiger partial charge in [0.15, 0.2) is 5.78 Å². The molecule has 0 aliphatic carbocycles. The summed E-state index contributed by atoms with van der Waals surface area (Å²) >= 11 is 6.44. The van der Waals surface area contributed by atoms with Gasteiger partial charge in [-0.1, -0.05) is 41.9 Å². The number of hydrogen-bond donors (Lipinski definition) is 0. The highest BCUT2D eigenvalue weighted by atomic mass is 35.5. The molecule has 3 aromatic rings. The molecular formula is C24H23ClO5. The van der Waals surface area contributed by atoms with E-state index in [2.05, 4.69) is 0 Å². The number of carbonyl (C=O) groups excluding carboxylic acids is 1. The van der Waals surface area contributed by atoms with Crippen LogP contribution in [0.4, 0.5) is 0 Å². The van der Waals surface area contributed by atoms with E-state index in [1.807, 2.05) is 44.2 Å². The SMILES string of the molecule is CC1(C)C[C@H](C(=O)COc2cc3oc(=O)cc(-c4ccccc4)c3cc2Cl)CCO1. The molecule has 0 saturated carbocycles. The molecule has 0 N–H and O–H groups in total. The number of halogens is 1. The minimum absolute atomic E-state index is 0.0158. The van der Waals surface area contributed by atoms with Crippen LogP contribution in [0.2, 0.25) is 5.02 Å². The van der Waals surface area contributed by atoms with Crippen LogP contribution in [0, 0.1) is 5.92 Å². The van der Waals surface area contributed by atoms with Gasteiger partial charge in [0.25, 0.3) is 0 Å². The van der Waals surface area contributed by atoms with Crippen molar-refractivity contribution in [1.82, 2.24) is 0 Å². The summed E-state index contributed by atoms with van der Waals surface area (Å²) in [6.45, 7) is 4.45. The number of ether oxygens (including phenoxy) is 2. The van der Waals surface area contributed by atoms with Crippen molar-refractivity contribution in [3.8, 4) is 16.9 Å². The van der Waals surface area contributed by atoms with E-state index in [-0.39, 0.29) is 23.9 Å². The van der Waals surface area contributed by atoms with Gasteiger partial charge in [-0.3, -0.25) is 4.79 Å². The highest BCUT2D eigenvalue weighted by Crippen LogP contribution is 2.35. The highest BCUT2D eigenvalue weighted by molar-refractivity contribution is 6.33. The normalized spacial score (nSPS) is 18.3. The minimum Gasteiger partial charge on any atom is -0.484 e. The zero-order chi connectivity index (χ0) is 21.3. The van der Waals surface area contributed by atoms with E-state index < -0.39 is 5.63 Å². The first kappa shape index (κ1) is 20.6. The number of fused-ring (bicyclic) bond motifs is 1.